The molecule has 1 saturated heterocycles. The Morgan fingerprint density at radius 2 is 2.53 bits per heavy atom. The summed E-state index contributed by atoms with van der Waals surface area (Å²) in [4.78, 5) is 6.40. The van der Waals surface area contributed by atoms with Gasteiger partial charge in [0.2, 0.25) is 5.13 Å². The van der Waals surface area contributed by atoms with Gasteiger partial charge in [-0.3, -0.25) is 0 Å². The summed E-state index contributed by atoms with van der Waals surface area (Å²) >= 11 is 1.41. The molecule has 2 rings (SSSR count). The Labute approximate surface area is 93.4 Å². The summed E-state index contributed by atoms with van der Waals surface area (Å²) in [6.07, 6.45) is 1.66. The molecule has 1 atom stereocenters. The van der Waals surface area contributed by atoms with Gasteiger partial charge in [0.25, 0.3) is 0 Å². The molecule has 2 heterocycles. The minimum atomic E-state index is -0.173. The lowest BCUT2D eigenvalue weighted by Crippen LogP contribution is -2.54. The molecule has 0 aromatic carbocycles. The molecule has 0 amide bonds. The summed E-state index contributed by atoms with van der Waals surface area (Å²) in [5.74, 6) is 0. The van der Waals surface area contributed by atoms with Gasteiger partial charge < -0.3 is 15.4 Å². The van der Waals surface area contributed by atoms with Crippen molar-refractivity contribution in [3.05, 3.63) is 6.33 Å². The zero-order chi connectivity index (χ0) is 10.9. The van der Waals surface area contributed by atoms with Crippen LogP contribution in [0.5, 0.6) is 0 Å². The molecular weight excluding hydrogens is 212 g/mol. The summed E-state index contributed by atoms with van der Waals surface area (Å²) in [6.45, 7) is 6.32. The third-order valence-electron chi connectivity index (χ3n) is 2.36. The molecule has 0 saturated carbocycles. The zero-order valence-electron chi connectivity index (χ0n) is 9.01. The van der Waals surface area contributed by atoms with Gasteiger partial charge in [0, 0.05) is 31.2 Å². The Morgan fingerprint density at radius 3 is 3.13 bits per heavy atom. The van der Waals surface area contributed by atoms with E-state index in [1.165, 1.54) is 11.5 Å². The van der Waals surface area contributed by atoms with Gasteiger partial charge in [-0.15, -0.1) is 0 Å². The Kier molecular flexibility index (Phi) is 2.90. The van der Waals surface area contributed by atoms with E-state index >= 15 is 0 Å². The van der Waals surface area contributed by atoms with E-state index < -0.39 is 0 Å². The molecule has 0 spiro atoms. The number of nitrogens with zero attached hydrogens (tertiary/aromatic N) is 3. The maximum Gasteiger partial charge on any atom is 0.205 e. The van der Waals surface area contributed by atoms with Gasteiger partial charge in [0.15, 0.2) is 0 Å². The van der Waals surface area contributed by atoms with Gasteiger partial charge in [-0.05, 0) is 13.8 Å². The average Bonchev–Trinajstić information content (AvgIpc) is 2.68. The summed E-state index contributed by atoms with van der Waals surface area (Å²) in [5.41, 5.74) is 5.48. The van der Waals surface area contributed by atoms with Crippen LogP contribution in [-0.2, 0) is 4.74 Å². The molecule has 15 heavy (non-hydrogen) atoms. The maximum absolute atomic E-state index is 5.84. The largest absolute Gasteiger partial charge is 0.367 e. The number of ether oxygens (including phenoxy) is 1. The van der Waals surface area contributed by atoms with Gasteiger partial charge in [-0.1, -0.05) is 0 Å². The molecule has 5 nitrogen and oxygen atoms in total. The smallest absolute Gasteiger partial charge is 0.205 e. The first-order valence-electron chi connectivity index (χ1n) is 5.00. The van der Waals surface area contributed by atoms with Crippen molar-refractivity contribution in [1.29, 1.82) is 0 Å². The topological polar surface area (TPSA) is 64.3 Å². The van der Waals surface area contributed by atoms with Crippen molar-refractivity contribution < 1.29 is 4.74 Å². The van der Waals surface area contributed by atoms with Crippen LogP contribution in [0, 0.1) is 0 Å². The van der Waals surface area contributed by atoms with E-state index in [1.54, 1.807) is 6.33 Å². The minimum Gasteiger partial charge on any atom is -0.367 e. The molecule has 6 heteroatoms. The van der Waals surface area contributed by atoms with Gasteiger partial charge in [-0.25, -0.2) is 4.98 Å². The lowest BCUT2D eigenvalue weighted by molar-refractivity contribution is -0.0788. The number of nitrogens with two attached hydrogens (primary N) is 1. The first kappa shape index (κ1) is 10.8. The fourth-order valence-corrected chi connectivity index (χ4v) is 2.41. The standard InChI is InChI=1S/C9H16N4OS/c1-9(2)5-13(4-7(3-10)14-9)8-11-6-12-15-8/h6-7H,3-5,10H2,1-2H3. The SMILES string of the molecule is CC1(C)CN(c2ncns2)CC(CN)O1. The molecule has 84 valence electrons. The second-order valence-corrected chi connectivity index (χ2v) is 5.10. The fourth-order valence-electron chi connectivity index (χ4n) is 1.87. The van der Waals surface area contributed by atoms with Crippen LogP contribution in [0.25, 0.3) is 0 Å². The molecule has 1 unspecified atom stereocenters. The lowest BCUT2D eigenvalue weighted by Gasteiger charge is -2.42. The van der Waals surface area contributed by atoms with Crippen LogP contribution in [0.2, 0.25) is 0 Å². The van der Waals surface area contributed by atoms with E-state index in [0.717, 1.165) is 18.2 Å². The number of rotatable bonds is 2. The number of hydrogen-bond donors (Lipinski definition) is 1. The van der Waals surface area contributed by atoms with Crippen molar-refractivity contribution in [2.75, 3.05) is 24.5 Å². The first-order chi connectivity index (χ1) is 7.11. The van der Waals surface area contributed by atoms with Crippen molar-refractivity contribution in [2.24, 2.45) is 5.73 Å². The van der Waals surface area contributed by atoms with E-state index in [2.05, 4.69) is 28.1 Å². The Bertz CT molecular complexity index is 314. The van der Waals surface area contributed by atoms with E-state index in [9.17, 15) is 0 Å². The van der Waals surface area contributed by atoms with E-state index in [-0.39, 0.29) is 11.7 Å². The van der Waals surface area contributed by atoms with Gasteiger partial charge in [-0.2, -0.15) is 4.37 Å². The van der Waals surface area contributed by atoms with E-state index in [4.69, 9.17) is 10.5 Å². The molecule has 1 aliphatic heterocycles. The number of aromatic nitrogens is 2. The van der Waals surface area contributed by atoms with Crippen LogP contribution >= 0.6 is 11.5 Å². The van der Waals surface area contributed by atoms with Crippen LogP contribution in [0.15, 0.2) is 6.33 Å². The van der Waals surface area contributed by atoms with Crippen LogP contribution in [0.3, 0.4) is 0 Å². The highest BCUT2D eigenvalue weighted by Gasteiger charge is 2.33. The predicted octanol–water partition coefficient (Wildman–Crippen LogP) is 0.481. The highest BCUT2D eigenvalue weighted by atomic mass is 32.1. The molecule has 2 N–H and O–H groups in total. The number of hydrogen-bond acceptors (Lipinski definition) is 6. The third-order valence-corrected chi connectivity index (χ3v) is 3.09. The predicted molar refractivity (Wildman–Crippen MR) is 60.1 cm³/mol. The molecule has 1 aromatic rings. The van der Waals surface area contributed by atoms with Gasteiger partial charge in [0.05, 0.1) is 11.7 Å². The molecule has 0 bridgehead atoms. The summed E-state index contributed by atoms with van der Waals surface area (Å²) < 4.78 is 9.85. The maximum atomic E-state index is 5.84. The van der Waals surface area contributed by atoms with Crippen LogP contribution in [-0.4, -0.2) is 40.7 Å². The van der Waals surface area contributed by atoms with Crippen molar-refractivity contribution in [2.45, 2.75) is 25.6 Å². The molecule has 1 aliphatic rings. The van der Waals surface area contributed by atoms with Crippen LogP contribution in [0.4, 0.5) is 5.13 Å². The summed E-state index contributed by atoms with van der Waals surface area (Å²) in [5, 5.41) is 0.949. The molecule has 0 aliphatic carbocycles. The Hall–Kier alpha value is -0.720. The second-order valence-electron chi connectivity index (χ2n) is 4.34. The fraction of sp³-hybridized carbons (Fsp3) is 0.778. The number of morpholine rings is 1. The minimum absolute atomic E-state index is 0.0812. The molecular formula is C9H16N4OS. The molecule has 1 aromatic heterocycles. The highest BCUT2D eigenvalue weighted by molar-refractivity contribution is 7.09. The molecule has 0 radical (unpaired) electrons. The Morgan fingerprint density at radius 1 is 1.73 bits per heavy atom. The first-order valence-corrected chi connectivity index (χ1v) is 5.77. The summed E-state index contributed by atoms with van der Waals surface area (Å²) in [6, 6.07) is 0. The quantitative estimate of drug-likeness (QED) is 0.797. The number of anilines is 1. The van der Waals surface area contributed by atoms with Crippen molar-refractivity contribution >= 4 is 16.7 Å². The zero-order valence-corrected chi connectivity index (χ0v) is 9.83. The summed E-state index contributed by atoms with van der Waals surface area (Å²) in [7, 11) is 0. The van der Waals surface area contributed by atoms with Crippen molar-refractivity contribution in [1.82, 2.24) is 9.36 Å². The lowest BCUT2D eigenvalue weighted by atomic mass is 10.1. The van der Waals surface area contributed by atoms with E-state index in [1.807, 2.05) is 0 Å². The van der Waals surface area contributed by atoms with Crippen LogP contribution in [0.1, 0.15) is 13.8 Å². The molecule has 1 fully saturated rings. The van der Waals surface area contributed by atoms with E-state index in [0.29, 0.717) is 6.54 Å². The second kappa shape index (κ2) is 4.03. The van der Waals surface area contributed by atoms with Crippen molar-refractivity contribution in [3.8, 4) is 0 Å². The van der Waals surface area contributed by atoms with Gasteiger partial charge >= 0.3 is 0 Å². The monoisotopic (exact) mass is 228 g/mol. The van der Waals surface area contributed by atoms with Gasteiger partial charge in [0.1, 0.15) is 6.33 Å². The van der Waals surface area contributed by atoms with Crippen LogP contribution < -0.4 is 10.6 Å². The Balaban J connectivity index is 2.13. The highest BCUT2D eigenvalue weighted by Crippen LogP contribution is 2.25. The normalized spacial score (nSPS) is 25.5. The average molecular weight is 228 g/mol. The third kappa shape index (κ3) is 2.45. The van der Waals surface area contributed by atoms with Crippen molar-refractivity contribution in [3.63, 3.8) is 0 Å².